The minimum atomic E-state index is -4.21. The molecule has 1 fully saturated rings. The lowest BCUT2D eigenvalue weighted by Gasteiger charge is -2.31. The van der Waals surface area contributed by atoms with Crippen LogP contribution in [0.3, 0.4) is 0 Å². The van der Waals surface area contributed by atoms with Gasteiger partial charge in [0.05, 0.1) is 5.69 Å². The maximum atomic E-state index is 14.0. The number of benzene rings is 1. The Kier molecular flexibility index (Phi) is 5.50. The highest BCUT2D eigenvalue weighted by molar-refractivity contribution is 7.89. The van der Waals surface area contributed by atoms with Gasteiger partial charge in [0.15, 0.2) is 0 Å². The first-order valence-corrected chi connectivity index (χ1v) is 9.43. The summed E-state index contributed by atoms with van der Waals surface area (Å²) in [5, 5.41) is 5.40. The second-order valence-electron chi connectivity index (χ2n) is 7.31. The molecular formula is C16H23F2N3O3S. The highest BCUT2D eigenvalue weighted by Crippen LogP contribution is 2.26. The van der Waals surface area contributed by atoms with Gasteiger partial charge in [-0.15, -0.1) is 0 Å². The van der Waals surface area contributed by atoms with Gasteiger partial charge in [-0.1, -0.05) is 6.92 Å². The molecule has 0 aromatic heterocycles. The summed E-state index contributed by atoms with van der Waals surface area (Å²) in [6.45, 7) is 7.89. The van der Waals surface area contributed by atoms with E-state index in [1.165, 1.54) is 0 Å². The molecule has 1 aliphatic heterocycles. The average Bonchev–Trinajstić information content (AvgIpc) is 2.36. The number of sulfonamides is 1. The lowest BCUT2D eigenvalue weighted by Crippen LogP contribution is -2.48. The number of halogens is 2. The Morgan fingerprint density at radius 2 is 1.84 bits per heavy atom. The number of carbonyl (C=O) groups is 1. The third kappa shape index (κ3) is 4.74. The number of nitrogens with one attached hydrogen (secondary N) is 3. The summed E-state index contributed by atoms with van der Waals surface area (Å²) in [4.78, 5) is 11.5. The predicted molar refractivity (Wildman–Crippen MR) is 90.6 cm³/mol. The van der Waals surface area contributed by atoms with E-state index < -0.39 is 38.0 Å². The summed E-state index contributed by atoms with van der Waals surface area (Å²) in [5.74, 6) is -2.93. The van der Waals surface area contributed by atoms with E-state index in [4.69, 9.17) is 0 Å². The van der Waals surface area contributed by atoms with Crippen LogP contribution in [0.5, 0.6) is 0 Å². The summed E-state index contributed by atoms with van der Waals surface area (Å²) in [7, 11) is -4.21. The lowest BCUT2D eigenvalue weighted by atomic mass is 9.88. The van der Waals surface area contributed by atoms with Crippen molar-refractivity contribution >= 4 is 21.6 Å². The van der Waals surface area contributed by atoms with Crippen molar-refractivity contribution in [3.8, 4) is 0 Å². The largest absolute Gasteiger partial charge is 0.323 e. The summed E-state index contributed by atoms with van der Waals surface area (Å²) in [5.41, 5.74) is -1.20. The van der Waals surface area contributed by atoms with Gasteiger partial charge in [0.2, 0.25) is 15.9 Å². The van der Waals surface area contributed by atoms with Gasteiger partial charge < -0.3 is 10.6 Å². The second kappa shape index (κ2) is 6.97. The molecule has 1 heterocycles. The van der Waals surface area contributed by atoms with Gasteiger partial charge in [0.1, 0.15) is 16.5 Å². The fourth-order valence-corrected chi connectivity index (χ4v) is 3.92. The van der Waals surface area contributed by atoms with Crippen molar-refractivity contribution in [1.82, 2.24) is 10.0 Å². The number of hydrogen-bond donors (Lipinski definition) is 3. The standard InChI is InChI=1S/C16H23F2N3O3S/c1-9(10-7-19-8-10)15(22)20-13-6-14(12(18)5-11(13)17)25(23,24)21-16(2,3)4/h5-6,9-10,19,21H,7-8H2,1-4H3,(H,20,22). The molecule has 25 heavy (non-hydrogen) atoms. The zero-order valence-corrected chi connectivity index (χ0v) is 15.4. The molecule has 0 bridgehead atoms. The summed E-state index contributed by atoms with van der Waals surface area (Å²) < 4.78 is 54.9. The van der Waals surface area contributed by atoms with Crippen molar-refractivity contribution in [3.63, 3.8) is 0 Å². The second-order valence-corrected chi connectivity index (χ2v) is 8.97. The maximum absolute atomic E-state index is 14.0. The Morgan fingerprint density at radius 1 is 1.24 bits per heavy atom. The number of hydrogen-bond acceptors (Lipinski definition) is 4. The van der Waals surface area contributed by atoms with Gasteiger partial charge in [-0.05, 0) is 45.8 Å². The first-order chi connectivity index (χ1) is 11.4. The molecule has 3 N–H and O–H groups in total. The monoisotopic (exact) mass is 375 g/mol. The van der Waals surface area contributed by atoms with E-state index in [1.54, 1.807) is 27.7 Å². The molecule has 0 aliphatic carbocycles. The molecule has 1 atom stereocenters. The molecule has 0 saturated carbocycles. The van der Waals surface area contributed by atoms with Crippen LogP contribution in [0.2, 0.25) is 0 Å². The van der Waals surface area contributed by atoms with E-state index in [9.17, 15) is 22.0 Å². The molecule has 1 unspecified atom stereocenters. The van der Waals surface area contributed by atoms with Gasteiger partial charge in [0, 0.05) is 17.5 Å². The first kappa shape index (κ1) is 19.7. The van der Waals surface area contributed by atoms with Crippen molar-refractivity contribution in [2.24, 2.45) is 11.8 Å². The predicted octanol–water partition coefficient (Wildman–Crippen LogP) is 1.84. The summed E-state index contributed by atoms with van der Waals surface area (Å²) >= 11 is 0. The minimum Gasteiger partial charge on any atom is -0.323 e. The van der Waals surface area contributed by atoms with Crippen LogP contribution in [0, 0.1) is 23.5 Å². The molecule has 1 saturated heterocycles. The first-order valence-electron chi connectivity index (χ1n) is 7.95. The third-order valence-corrected chi connectivity index (χ3v) is 5.72. The van der Waals surface area contributed by atoms with Gasteiger partial charge in [-0.25, -0.2) is 21.9 Å². The minimum absolute atomic E-state index is 0.134. The summed E-state index contributed by atoms with van der Waals surface area (Å²) in [6, 6.07) is 1.27. The van der Waals surface area contributed by atoms with Crippen LogP contribution in [0.15, 0.2) is 17.0 Å². The fourth-order valence-electron chi connectivity index (χ4n) is 2.41. The molecular weight excluding hydrogens is 352 g/mol. The third-order valence-electron chi connectivity index (χ3n) is 3.94. The molecule has 1 aliphatic rings. The molecule has 0 spiro atoms. The number of carbonyl (C=O) groups excluding carboxylic acids is 1. The molecule has 1 aromatic carbocycles. The van der Waals surface area contributed by atoms with Crippen LogP contribution < -0.4 is 15.4 Å². The molecule has 1 amide bonds. The zero-order chi connectivity index (χ0) is 19.0. The maximum Gasteiger partial charge on any atom is 0.244 e. The number of anilines is 1. The Morgan fingerprint density at radius 3 is 2.32 bits per heavy atom. The molecule has 140 valence electrons. The zero-order valence-electron chi connectivity index (χ0n) is 14.6. The van der Waals surface area contributed by atoms with Gasteiger partial charge in [-0.3, -0.25) is 4.79 Å². The number of amides is 1. The van der Waals surface area contributed by atoms with Gasteiger partial charge in [-0.2, -0.15) is 0 Å². The molecule has 1 aromatic rings. The Labute approximate surface area is 146 Å². The fraction of sp³-hybridized carbons (Fsp3) is 0.562. The van der Waals surface area contributed by atoms with Crippen LogP contribution in [-0.4, -0.2) is 33.0 Å². The van der Waals surface area contributed by atoms with E-state index in [2.05, 4.69) is 15.4 Å². The lowest BCUT2D eigenvalue weighted by molar-refractivity contribution is -0.121. The quantitative estimate of drug-likeness (QED) is 0.733. The van der Waals surface area contributed by atoms with Crippen LogP contribution in [0.1, 0.15) is 27.7 Å². The Hall–Kier alpha value is -1.58. The molecule has 2 rings (SSSR count). The van der Waals surface area contributed by atoms with Gasteiger partial charge in [0.25, 0.3) is 0 Å². The smallest absolute Gasteiger partial charge is 0.244 e. The van der Waals surface area contributed by atoms with Crippen LogP contribution >= 0.6 is 0 Å². The molecule has 0 radical (unpaired) electrons. The molecule has 9 heteroatoms. The van der Waals surface area contributed by atoms with Crippen molar-refractivity contribution in [2.75, 3.05) is 18.4 Å². The average molecular weight is 375 g/mol. The van der Waals surface area contributed by atoms with E-state index in [0.29, 0.717) is 19.2 Å². The van der Waals surface area contributed by atoms with Gasteiger partial charge >= 0.3 is 0 Å². The van der Waals surface area contributed by atoms with Crippen LogP contribution in [-0.2, 0) is 14.8 Å². The van der Waals surface area contributed by atoms with Crippen molar-refractivity contribution in [2.45, 2.75) is 38.1 Å². The van der Waals surface area contributed by atoms with E-state index in [-0.39, 0.29) is 17.5 Å². The van der Waals surface area contributed by atoms with E-state index >= 15 is 0 Å². The molecule has 6 nitrogen and oxygen atoms in total. The van der Waals surface area contributed by atoms with Crippen molar-refractivity contribution in [3.05, 3.63) is 23.8 Å². The highest BCUT2D eigenvalue weighted by atomic mass is 32.2. The van der Waals surface area contributed by atoms with Crippen molar-refractivity contribution < 1.29 is 22.0 Å². The van der Waals surface area contributed by atoms with Crippen LogP contribution in [0.4, 0.5) is 14.5 Å². The topological polar surface area (TPSA) is 87.3 Å². The number of rotatable bonds is 5. The summed E-state index contributed by atoms with van der Waals surface area (Å²) in [6.07, 6.45) is 0. The highest BCUT2D eigenvalue weighted by Gasteiger charge is 2.30. The van der Waals surface area contributed by atoms with Crippen LogP contribution in [0.25, 0.3) is 0 Å². The van der Waals surface area contributed by atoms with Crippen molar-refractivity contribution in [1.29, 1.82) is 0 Å². The van der Waals surface area contributed by atoms with E-state index in [0.717, 1.165) is 6.07 Å². The Bertz CT molecular complexity index is 772. The normalized spacial score (nSPS) is 17.0. The van der Waals surface area contributed by atoms with E-state index in [1.807, 2.05) is 0 Å². The Balaban J connectivity index is 2.29. The SMILES string of the molecule is CC(C(=O)Nc1cc(S(=O)(=O)NC(C)(C)C)c(F)cc1F)C1CNC1.